The second-order valence-corrected chi connectivity index (χ2v) is 6.82. The highest BCUT2D eigenvalue weighted by Gasteiger charge is 2.15. The summed E-state index contributed by atoms with van der Waals surface area (Å²) in [5.41, 5.74) is 1.58. The standard InChI is InChI=1S/C21H15Cl2N3O3/c1-29-19(27)12-26-11-14(15-5-2-3-8-18(15)26)9-13(10-24)21(28)25-17-7-4-6-16(22)20(17)23/h2-9,11H,12H2,1H3,(H,25,28). The maximum Gasteiger partial charge on any atom is 0.325 e. The molecule has 0 saturated heterocycles. The van der Waals surface area contributed by atoms with Crippen molar-refractivity contribution in [3.63, 3.8) is 0 Å². The van der Waals surface area contributed by atoms with Crippen LogP contribution in [0.25, 0.3) is 17.0 Å². The quantitative estimate of drug-likeness (QED) is 0.364. The largest absolute Gasteiger partial charge is 0.468 e. The van der Waals surface area contributed by atoms with Crippen molar-refractivity contribution < 1.29 is 14.3 Å². The number of amides is 1. The number of halogens is 2. The van der Waals surface area contributed by atoms with Gasteiger partial charge in [0.2, 0.25) is 0 Å². The minimum absolute atomic E-state index is 0.0110. The summed E-state index contributed by atoms with van der Waals surface area (Å²) >= 11 is 12.1. The number of benzene rings is 2. The molecule has 1 N–H and O–H groups in total. The van der Waals surface area contributed by atoms with E-state index in [4.69, 9.17) is 27.9 Å². The number of hydrogen-bond donors (Lipinski definition) is 1. The molecule has 146 valence electrons. The monoisotopic (exact) mass is 427 g/mol. The lowest BCUT2D eigenvalue weighted by Crippen LogP contribution is -2.13. The second-order valence-electron chi connectivity index (χ2n) is 6.03. The number of nitrogens with zero attached hydrogens (tertiary/aromatic N) is 2. The van der Waals surface area contributed by atoms with Crippen molar-refractivity contribution in [2.45, 2.75) is 6.54 Å². The van der Waals surface area contributed by atoms with E-state index in [9.17, 15) is 14.9 Å². The SMILES string of the molecule is COC(=O)Cn1cc(C=C(C#N)C(=O)Nc2cccc(Cl)c2Cl)c2ccccc21. The molecule has 0 aliphatic rings. The summed E-state index contributed by atoms with van der Waals surface area (Å²) in [7, 11) is 1.31. The predicted octanol–water partition coefficient (Wildman–Crippen LogP) is 4.67. The summed E-state index contributed by atoms with van der Waals surface area (Å²) in [5.74, 6) is -1.03. The van der Waals surface area contributed by atoms with Crippen LogP contribution < -0.4 is 5.32 Å². The van der Waals surface area contributed by atoms with Crippen LogP contribution in [0.3, 0.4) is 0 Å². The maximum atomic E-state index is 12.6. The fraction of sp³-hybridized carbons (Fsp3) is 0.0952. The summed E-state index contributed by atoms with van der Waals surface area (Å²) < 4.78 is 6.43. The zero-order chi connectivity index (χ0) is 21.0. The Morgan fingerprint density at radius 2 is 1.97 bits per heavy atom. The molecule has 0 atom stereocenters. The highest BCUT2D eigenvalue weighted by atomic mass is 35.5. The third kappa shape index (κ3) is 4.43. The Balaban J connectivity index is 1.98. The molecular weight excluding hydrogens is 413 g/mol. The molecule has 3 rings (SSSR count). The number of nitriles is 1. The second kappa shape index (κ2) is 8.82. The average Bonchev–Trinajstić information content (AvgIpc) is 3.06. The zero-order valence-electron chi connectivity index (χ0n) is 15.3. The minimum Gasteiger partial charge on any atom is -0.468 e. The van der Waals surface area contributed by atoms with Crippen molar-refractivity contribution in [2.24, 2.45) is 0 Å². The first-order valence-corrected chi connectivity index (χ1v) is 9.22. The van der Waals surface area contributed by atoms with Crippen molar-refractivity contribution in [3.05, 3.63) is 69.8 Å². The molecule has 0 saturated carbocycles. The highest BCUT2D eigenvalue weighted by Crippen LogP contribution is 2.30. The molecule has 0 aliphatic carbocycles. The van der Waals surface area contributed by atoms with Gasteiger partial charge in [-0.05, 0) is 24.3 Å². The number of para-hydroxylation sites is 1. The van der Waals surface area contributed by atoms with Crippen molar-refractivity contribution in [1.29, 1.82) is 5.26 Å². The Morgan fingerprint density at radius 1 is 1.21 bits per heavy atom. The molecule has 8 heteroatoms. The van der Waals surface area contributed by atoms with Gasteiger partial charge in [-0.1, -0.05) is 47.5 Å². The number of methoxy groups -OCH3 is 1. The van der Waals surface area contributed by atoms with Crippen LogP contribution in [0, 0.1) is 11.3 Å². The number of nitrogens with one attached hydrogen (secondary N) is 1. The highest BCUT2D eigenvalue weighted by molar-refractivity contribution is 6.44. The summed E-state index contributed by atoms with van der Waals surface area (Å²) in [6, 6.07) is 14.1. The predicted molar refractivity (Wildman–Crippen MR) is 113 cm³/mol. The molecule has 0 radical (unpaired) electrons. The normalized spacial score (nSPS) is 11.2. The van der Waals surface area contributed by atoms with Gasteiger partial charge in [0.25, 0.3) is 5.91 Å². The lowest BCUT2D eigenvalue weighted by Gasteiger charge is -2.07. The molecule has 0 spiro atoms. The van der Waals surface area contributed by atoms with Gasteiger partial charge in [-0.2, -0.15) is 5.26 Å². The molecule has 0 fully saturated rings. The summed E-state index contributed by atoms with van der Waals surface area (Å²) in [6.07, 6.45) is 3.16. The van der Waals surface area contributed by atoms with Crippen LogP contribution in [0.5, 0.6) is 0 Å². The van der Waals surface area contributed by atoms with E-state index in [2.05, 4.69) is 5.32 Å². The number of fused-ring (bicyclic) bond motifs is 1. The molecule has 6 nitrogen and oxygen atoms in total. The van der Waals surface area contributed by atoms with E-state index in [0.717, 1.165) is 10.9 Å². The lowest BCUT2D eigenvalue weighted by molar-refractivity contribution is -0.141. The molecule has 0 unspecified atom stereocenters. The number of rotatable bonds is 5. The van der Waals surface area contributed by atoms with Crippen LogP contribution in [0.4, 0.5) is 5.69 Å². The number of ether oxygens (including phenoxy) is 1. The van der Waals surface area contributed by atoms with Gasteiger partial charge in [-0.25, -0.2) is 0 Å². The Hall–Kier alpha value is -3.27. The molecule has 1 heterocycles. The van der Waals surface area contributed by atoms with E-state index in [1.165, 1.54) is 13.2 Å². The smallest absolute Gasteiger partial charge is 0.325 e. The van der Waals surface area contributed by atoms with Gasteiger partial charge in [-0.15, -0.1) is 0 Å². The first-order valence-electron chi connectivity index (χ1n) is 8.46. The fourth-order valence-corrected chi connectivity index (χ4v) is 3.17. The number of carbonyl (C=O) groups excluding carboxylic acids is 2. The van der Waals surface area contributed by atoms with Crippen molar-refractivity contribution in [2.75, 3.05) is 12.4 Å². The summed E-state index contributed by atoms with van der Waals surface area (Å²) in [4.78, 5) is 24.3. The number of hydrogen-bond acceptors (Lipinski definition) is 4. The molecule has 0 bridgehead atoms. The summed E-state index contributed by atoms with van der Waals surface area (Å²) in [6.45, 7) is 0.0110. The molecule has 29 heavy (non-hydrogen) atoms. The van der Waals surface area contributed by atoms with Crippen molar-refractivity contribution in [3.8, 4) is 6.07 Å². The Kier molecular flexibility index (Phi) is 6.23. The minimum atomic E-state index is -0.624. The third-order valence-electron chi connectivity index (χ3n) is 4.21. The molecule has 2 aromatic carbocycles. The number of anilines is 1. The first-order chi connectivity index (χ1) is 13.9. The molecular formula is C21H15Cl2N3O3. The first kappa shape index (κ1) is 20.5. The van der Waals surface area contributed by atoms with Gasteiger partial charge >= 0.3 is 5.97 Å². The van der Waals surface area contributed by atoms with Crippen LogP contribution in [-0.2, 0) is 20.9 Å². The van der Waals surface area contributed by atoms with Gasteiger partial charge < -0.3 is 14.6 Å². The lowest BCUT2D eigenvalue weighted by atomic mass is 10.1. The topological polar surface area (TPSA) is 84.1 Å². The number of esters is 1. The van der Waals surface area contributed by atoms with E-state index in [1.807, 2.05) is 30.3 Å². The number of carbonyl (C=O) groups is 2. The fourth-order valence-electron chi connectivity index (χ4n) is 2.82. The average molecular weight is 428 g/mol. The van der Waals surface area contributed by atoms with Gasteiger partial charge in [0.15, 0.2) is 0 Å². The van der Waals surface area contributed by atoms with Gasteiger partial charge in [0, 0.05) is 22.7 Å². The van der Waals surface area contributed by atoms with E-state index in [-0.39, 0.29) is 22.2 Å². The molecule has 3 aromatic rings. The zero-order valence-corrected chi connectivity index (χ0v) is 16.8. The van der Waals surface area contributed by atoms with Crippen molar-refractivity contribution in [1.82, 2.24) is 4.57 Å². The van der Waals surface area contributed by atoms with Crippen LogP contribution in [0.2, 0.25) is 10.0 Å². The van der Waals surface area contributed by atoms with Gasteiger partial charge in [-0.3, -0.25) is 9.59 Å². The third-order valence-corrected chi connectivity index (χ3v) is 5.03. The Labute approximate surface area is 176 Å². The van der Waals surface area contributed by atoms with Crippen LogP contribution in [-0.4, -0.2) is 23.6 Å². The van der Waals surface area contributed by atoms with Gasteiger partial charge in [0.1, 0.15) is 18.2 Å². The van der Waals surface area contributed by atoms with E-state index >= 15 is 0 Å². The van der Waals surface area contributed by atoms with E-state index < -0.39 is 11.9 Å². The molecule has 1 amide bonds. The van der Waals surface area contributed by atoms with E-state index in [0.29, 0.717) is 11.3 Å². The van der Waals surface area contributed by atoms with Crippen molar-refractivity contribution >= 4 is 57.7 Å². The summed E-state index contributed by atoms with van der Waals surface area (Å²) in [5, 5.41) is 13.4. The Bertz CT molecular complexity index is 1180. The van der Waals surface area contributed by atoms with E-state index in [1.54, 1.807) is 29.0 Å². The number of aromatic nitrogens is 1. The van der Waals surface area contributed by atoms with Gasteiger partial charge in [0.05, 0.1) is 22.8 Å². The molecule has 0 aliphatic heterocycles. The maximum absolute atomic E-state index is 12.6. The van der Waals surface area contributed by atoms with Crippen LogP contribution in [0.1, 0.15) is 5.56 Å². The molecule has 1 aromatic heterocycles. The van der Waals surface area contributed by atoms with Crippen LogP contribution >= 0.6 is 23.2 Å². The Morgan fingerprint density at radius 3 is 2.69 bits per heavy atom. The van der Waals surface area contributed by atoms with Crippen LogP contribution in [0.15, 0.2) is 54.2 Å².